The predicted octanol–water partition coefficient (Wildman–Crippen LogP) is 0.320. The number of hydrogen-bond donors (Lipinski definition) is 2. The Morgan fingerprint density at radius 2 is 2.24 bits per heavy atom. The average molecular weight is 294 g/mol. The highest BCUT2D eigenvalue weighted by molar-refractivity contribution is 5.72. The quantitative estimate of drug-likeness (QED) is 0.604. The van der Waals surface area contributed by atoms with Gasteiger partial charge in [-0.2, -0.15) is 4.98 Å². The van der Waals surface area contributed by atoms with Crippen molar-refractivity contribution in [1.82, 2.24) is 15.3 Å². The van der Waals surface area contributed by atoms with Crippen molar-refractivity contribution < 1.29 is 9.72 Å². The molecule has 2 heterocycles. The molecule has 114 valence electrons. The summed E-state index contributed by atoms with van der Waals surface area (Å²) >= 11 is 0. The fraction of sp³-hybridized carbons (Fsp3) is 0.583. The highest BCUT2D eigenvalue weighted by Gasteiger charge is 2.26. The highest BCUT2D eigenvalue weighted by atomic mass is 16.6. The van der Waals surface area contributed by atoms with Crippen molar-refractivity contribution in [3.63, 3.8) is 0 Å². The number of carbonyl (C=O) groups excluding carboxylic acids is 1. The van der Waals surface area contributed by atoms with Gasteiger partial charge in [0.05, 0.1) is 4.92 Å². The van der Waals surface area contributed by atoms with Crippen LogP contribution >= 0.6 is 0 Å². The molecular formula is C12H18N6O3. The van der Waals surface area contributed by atoms with Gasteiger partial charge in [-0.15, -0.1) is 0 Å². The summed E-state index contributed by atoms with van der Waals surface area (Å²) in [6.07, 6.45) is 2.81. The normalized spacial score (nSPS) is 15.8. The van der Waals surface area contributed by atoms with Gasteiger partial charge >= 0.3 is 5.69 Å². The zero-order valence-corrected chi connectivity index (χ0v) is 11.8. The van der Waals surface area contributed by atoms with Gasteiger partial charge in [-0.1, -0.05) is 0 Å². The van der Waals surface area contributed by atoms with Crippen molar-refractivity contribution in [2.75, 3.05) is 30.3 Å². The van der Waals surface area contributed by atoms with E-state index >= 15 is 0 Å². The SMILES string of the molecule is CC(=O)NCC1CCN(c2nc(N)ncc2[N+](=O)[O-])CC1. The highest BCUT2D eigenvalue weighted by Crippen LogP contribution is 2.29. The van der Waals surface area contributed by atoms with Crippen molar-refractivity contribution in [1.29, 1.82) is 0 Å². The van der Waals surface area contributed by atoms with Crippen LogP contribution in [0.3, 0.4) is 0 Å². The van der Waals surface area contributed by atoms with Crippen molar-refractivity contribution in [3.8, 4) is 0 Å². The maximum Gasteiger partial charge on any atom is 0.329 e. The first-order valence-corrected chi connectivity index (χ1v) is 6.73. The number of nitrogens with two attached hydrogens (primary N) is 1. The summed E-state index contributed by atoms with van der Waals surface area (Å²) < 4.78 is 0. The molecule has 0 aromatic carbocycles. The summed E-state index contributed by atoms with van der Waals surface area (Å²) in [5, 5.41) is 13.8. The van der Waals surface area contributed by atoms with Crippen LogP contribution in [-0.2, 0) is 4.79 Å². The Morgan fingerprint density at radius 3 is 2.81 bits per heavy atom. The Bertz CT molecular complexity index is 542. The zero-order valence-electron chi connectivity index (χ0n) is 11.8. The molecular weight excluding hydrogens is 276 g/mol. The molecule has 3 N–H and O–H groups in total. The molecule has 0 bridgehead atoms. The fourth-order valence-corrected chi connectivity index (χ4v) is 2.38. The minimum Gasteiger partial charge on any atom is -0.368 e. The standard InChI is InChI=1S/C12H18N6O3/c1-8(19)14-6-9-2-4-17(5-3-9)11-10(18(20)21)7-15-12(13)16-11/h7,9H,2-6H2,1H3,(H,14,19)(H2,13,15,16). The van der Waals surface area contributed by atoms with E-state index in [0.29, 0.717) is 25.6 Å². The Labute approximate surface area is 121 Å². The van der Waals surface area contributed by atoms with E-state index < -0.39 is 4.92 Å². The summed E-state index contributed by atoms with van der Waals surface area (Å²) in [4.78, 5) is 30.9. The third kappa shape index (κ3) is 3.77. The van der Waals surface area contributed by atoms with E-state index in [4.69, 9.17) is 5.73 Å². The number of nitrogen functional groups attached to an aromatic ring is 1. The van der Waals surface area contributed by atoms with Gasteiger partial charge in [-0.25, -0.2) is 4.98 Å². The van der Waals surface area contributed by atoms with E-state index in [9.17, 15) is 14.9 Å². The molecule has 1 aromatic heterocycles. The van der Waals surface area contributed by atoms with Gasteiger partial charge in [-0.05, 0) is 18.8 Å². The molecule has 1 aliphatic rings. The summed E-state index contributed by atoms with van der Waals surface area (Å²) in [5.74, 6) is 0.626. The number of aromatic nitrogens is 2. The van der Waals surface area contributed by atoms with E-state index in [1.54, 1.807) is 0 Å². The lowest BCUT2D eigenvalue weighted by atomic mass is 9.96. The molecule has 0 atom stereocenters. The largest absolute Gasteiger partial charge is 0.368 e. The topological polar surface area (TPSA) is 127 Å². The van der Waals surface area contributed by atoms with Gasteiger partial charge < -0.3 is 16.0 Å². The molecule has 0 unspecified atom stereocenters. The minimum atomic E-state index is -0.502. The van der Waals surface area contributed by atoms with Gasteiger partial charge in [0.15, 0.2) is 0 Å². The average Bonchev–Trinajstić information content (AvgIpc) is 2.45. The molecule has 1 aliphatic heterocycles. The first-order chi connectivity index (χ1) is 9.97. The minimum absolute atomic E-state index is 0.0240. The predicted molar refractivity (Wildman–Crippen MR) is 76.7 cm³/mol. The lowest BCUT2D eigenvalue weighted by Crippen LogP contribution is -2.39. The van der Waals surface area contributed by atoms with Gasteiger partial charge in [0.2, 0.25) is 17.7 Å². The van der Waals surface area contributed by atoms with Gasteiger partial charge in [0, 0.05) is 26.6 Å². The van der Waals surface area contributed by atoms with Crippen LogP contribution in [0.4, 0.5) is 17.5 Å². The van der Waals surface area contributed by atoms with Crippen LogP contribution in [0.25, 0.3) is 0 Å². The molecule has 0 radical (unpaired) electrons. The van der Waals surface area contributed by atoms with Crippen LogP contribution in [0.1, 0.15) is 19.8 Å². The second-order valence-electron chi connectivity index (χ2n) is 5.06. The molecule has 21 heavy (non-hydrogen) atoms. The van der Waals surface area contributed by atoms with Crippen LogP contribution in [0, 0.1) is 16.0 Å². The smallest absolute Gasteiger partial charge is 0.329 e. The van der Waals surface area contributed by atoms with Crippen LogP contribution in [-0.4, -0.2) is 40.4 Å². The summed E-state index contributed by atoms with van der Waals surface area (Å²) in [6, 6.07) is 0. The van der Waals surface area contributed by atoms with Crippen LogP contribution in [0.2, 0.25) is 0 Å². The number of nitrogens with one attached hydrogen (secondary N) is 1. The number of amides is 1. The number of nitro groups is 1. The number of piperidine rings is 1. The second-order valence-corrected chi connectivity index (χ2v) is 5.06. The molecule has 1 aromatic rings. The van der Waals surface area contributed by atoms with Crippen molar-refractivity contribution >= 4 is 23.4 Å². The van der Waals surface area contributed by atoms with E-state index in [1.807, 2.05) is 4.90 Å². The second kappa shape index (κ2) is 6.33. The lowest BCUT2D eigenvalue weighted by Gasteiger charge is -2.32. The number of rotatable bonds is 4. The molecule has 1 fully saturated rings. The third-order valence-corrected chi connectivity index (χ3v) is 3.52. The molecule has 0 spiro atoms. The summed E-state index contributed by atoms with van der Waals surface area (Å²) in [7, 11) is 0. The Kier molecular flexibility index (Phi) is 4.51. The molecule has 0 aliphatic carbocycles. The summed E-state index contributed by atoms with van der Waals surface area (Å²) in [6.45, 7) is 3.41. The lowest BCUT2D eigenvalue weighted by molar-refractivity contribution is -0.384. The molecule has 9 nitrogen and oxygen atoms in total. The fourth-order valence-electron chi connectivity index (χ4n) is 2.38. The van der Waals surface area contributed by atoms with Crippen molar-refractivity contribution in [3.05, 3.63) is 16.3 Å². The maximum absolute atomic E-state index is 11.0. The number of nitrogens with zero attached hydrogens (tertiary/aromatic N) is 4. The van der Waals surface area contributed by atoms with Crippen molar-refractivity contribution in [2.24, 2.45) is 5.92 Å². The van der Waals surface area contributed by atoms with E-state index in [1.165, 1.54) is 6.92 Å². The first-order valence-electron chi connectivity index (χ1n) is 6.73. The van der Waals surface area contributed by atoms with Crippen LogP contribution in [0.15, 0.2) is 6.20 Å². The Morgan fingerprint density at radius 1 is 1.57 bits per heavy atom. The molecule has 1 saturated heterocycles. The third-order valence-electron chi connectivity index (χ3n) is 3.52. The monoisotopic (exact) mass is 294 g/mol. The van der Waals surface area contributed by atoms with Crippen LogP contribution in [0.5, 0.6) is 0 Å². The van der Waals surface area contributed by atoms with Crippen molar-refractivity contribution in [2.45, 2.75) is 19.8 Å². The molecule has 0 saturated carbocycles. The number of carbonyl (C=O) groups is 1. The number of hydrogen-bond acceptors (Lipinski definition) is 7. The zero-order chi connectivity index (χ0) is 15.4. The van der Waals surface area contributed by atoms with E-state index in [0.717, 1.165) is 19.0 Å². The van der Waals surface area contributed by atoms with Gasteiger partial charge in [0.25, 0.3) is 0 Å². The van der Waals surface area contributed by atoms with E-state index in [-0.39, 0.29) is 23.4 Å². The van der Waals surface area contributed by atoms with E-state index in [2.05, 4.69) is 15.3 Å². The molecule has 9 heteroatoms. The van der Waals surface area contributed by atoms with Crippen LogP contribution < -0.4 is 16.0 Å². The molecule has 2 rings (SSSR count). The maximum atomic E-state index is 11.0. The number of anilines is 2. The van der Waals surface area contributed by atoms with Gasteiger partial charge in [-0.3, -0.25) is 14.9 Å². The summed E-state index contributed by atoms with van der Waals surface area (Å²) in [5.41, 5.74) is 5.39. The Balaban J connectivity index is 2.03. The Hall–Kier alpha value is -2.45. The van der Waals surface area contributed by atoms with Gasteiger partial charge in [0.1, 0.15) is 6.20 Å². The first kappa shape index (κ1) is 14.9. The molecule has 1 amide bonds.